The highest BCUT2D eigenvalue weighted by atomic mass is 16.6. The lowest BCUT2D eigenvalue weighted by atomic mass is 10.0. The summed E-state index contributed by atoms with van der Waals surface area (Å²) in [5.74, 6) is -0.722. The summed E-state index contributed by atoms with van der Waals surface area (Å²) in [5, 5.41) is 11.3. The van der Waals surface area contributed by atoms with E-state index < -0.39 is 10.9 Å². The Morgan fingerprint density at radius 2 is 1.87 bits per heavy atom. The maximum absolute atomic E-state index is 12.2. The minimum atomic E-state index is -0.635. The first kappa shape index (κ1) is 16.5. The number of methoxy groups -OCH3 is 1. The van der Waals surface area contributed by atoms with Crippen molar-refractivity contribution in [1.82, 2.24) is 0 Å². The molecule has 23 heavy (non-hydrogen) atoms. The number of carbonyl (C=O) groups excluding carboxylic acids is 1. The van der Waals surface area contributed by atoms with Crippen LogP contribution in [0.4, 0.5) is 5.69 Å². The van der Waals surface area contributed by atoms with Crippen molar-refractivity contribution in [3.63, 3.8) is 0 Å². The van der Waals surface area contributed by atoms with Gasteiger partial charge in [-0.05, 0) is 23.6 Å². The average Bonchev–Trinajstić information content (AvgIpc) is 2.59. The second-order valence-corrected chi connectivity index (χ2v) is 4.84. The summed E-state index contributed by atoms with van der Waals surface area (Å²) in [6, 6.07) is 12.1. The van der Waals surface area contributed by atoms with E-state index in [2.05, 4.69) is 0 Å². The second-order valence-electron chi connectivity index (χ2n) is 4.84. The lowest BCUT2D eigenvalue weighted by Crippen LogP contribution is -2.09. The van der Waals surface area contributed by atoms with E-state index in [-0.39, 0.29) is 23.6 Å². The van der Waals surface area contributed by atoms with Crippen LogP contribution in [0.25, 0.3) is 11.1 Å². The van der Waals surface area contributed by atoms with Gasteiger partial charge in [0.05, 0.1) is 18.6 Å². The smallest absolute Gasteiger partial charge is 0.342 e. The Labute approximate surface area is 133 Å². The molecule has 0 N–H and O–H groups in total. The van der Waals surface area contributed by atoms with E-state index in [1.807, 2.05) is 37.3 Å². The Balaban J connectivity index is 2.60. The summed E-state index contributed by atoms with van der Waals surface area (Å²) in [6.45, 7) is 2.11. The molecule has 2 rings (SSSR count). The van der Waals surface area contributed by atoms with Crippen molar-refractivity contribution < 1.29 is 19.2 Å². The van der Waals surface area contributed by atoms with Crippen LogP contribution in [0.15, 0.2) is 42.5 Å². The fourth-order valence-corrected chi connectivity index (χ4v) is 2.19. The monoisotopic (exact) mass is 315 g/mol. The van der Waals surface area contributed by atoms with Gasteiger partial charge in [0.25, 0.3) is 0 Å². The molecule has 0 radical (unpaired) electrons. The zero-order valence-corrected chi connectivity index (χ0v) is 12.9. The number of nitrogens with zero attached hydrogens (tertiary/aromatic N) is 1. The predicted octanol–water partition coefficient (Wildman–Crippen LogP) is 3.84. The summed E-state index contributed by atoms with van der Waals surface area (Å²) in [6.07, 6.45) is 0.661. The molecule has 0 heterocycles. The molecule has 0 saturated carbocycles. The second kappa shape index (κ2) is 7.40. The number of nitro benzene ring substituents is 1. The highest BCUT2D eigenvalue weighted by molar-refractivity contribution is 5.96. The van der Waals surface area contributed by atoms with E-state index in [9.17, 15) is 14.9 Å². The first-order chi connectivity index (χ1) is 11.1. The number of ether oxygens (including phenoxy) is 2. The van der Waals surface area contributed by atoms with Gasteiger partial charge in [-0.2, -0.15) is 0 Å². The highest BCUT2D eigenvalue weighted by Gasteiger charge is 2.25. The maximum atomic E-state index is 12.2. The normalized spacial score (nSPS) is 10.2. The first-order valence-electron chi connectivity index (χ1n) is 7.17. The predicted molar refractivity (Wildman–Crippen MR) is 85.7 cm³/mol. The number of hydrogen-bond acceptors (Lipinski definition) is 5. The molecule has 0 aliphatic rings. The molecule has 0 fully saturated rings. The third kappa shape index (κ3) is 3.66. The number of hydrogen-bond donors (Lipinski definition) is 0. The van der Waals surface area contributed by atoms with Gasteiger partial charge in [0.2, 0.25) is 5.75 Å². The van der Waals surface area contributed by atoms with Crippen molar-refractivity contribution in [3.8, 4) is 16.9 Å². The number of benzene rings is 2. The Morgan fingerprint density at radius 1 is 1.17 bits per heavy atom. The first-order valence-corrected chi connectivity index (χ1v) is 7.17. The van der Waals surface area contributed by atoms with E-state index in [1.54, 1.807) is 6.07 Å². The van der Waals surface area contributed by atoms with E-state index in [0.29, 0.717) is 12.0 Å². The third-order valence-electron chi connectivity index (χ3n) is 3.23. The Kier molecular flexibility index (Phi) is 5.30. The van der Waals surface area contributed by atoms with E-state index >= 15 is 0 Å². The topological polar surface area (TPSA) is 78.7 Å². The van der Waals surface area contributed by atoms with E-state index in [4.69, 9.17) is 9.47 Å². The van der Waals surface area contributed by atoms with Crippen LogP contribution in [0, 0.1) is 10.1 Å². The van der Waals surface area contributed by atoms with Gasteiger partial charge < -0.3 is 9.47 Å². The highest BCUT2D eigenvalue weighted by Crippen LogP contribution is 2.36. The van der Waals surface area contributed by atoms with E-state index in [1.165, 1.54) is 13.2 Å². The lowest BCUT2D eigenvalue weighted by Gasteiger charge is -2.11. The lowest BCUT2D eigenvalue weighted by molar-refractivity contribution is -0.385. The standard InChI is InChI=1S/C17H17NO5/c1-3-9-23-17(19)14-10-13(12-7-5-4-6-8-12)11-15(18(20)21)16(14)22-2/h4-8,10-11H,3,9H2,1-2H3. The molecule has 2 aromatic rings. The Hall–Kier alpha value is -2.89. The van der Waals surface area contributed by atoms with Crippen LogP contribution in [-0.2, 0) is 4.74 Å². The molecule has 0 bridgehead atoms. The van der Waals surface area contributed by atoms with Crippen LogP contribution in [0.2, 0.25) is 0 Å². The number of nitro groups is 1. The summed E-state index contributed by atoms with van der Waals surface area (Å²) in [7, 11) is 1.29. The SMILES string of the molecule is CCCOC(=O)c1cc(-c2ccccc2)cc([N+](=O)[O-])c1OC. The fraction of sp³-hybridized carbons (Fsp3) is 0.235. The molecular weight excluding hydrogens is 298 g/mol. The van der Waals surface area contributed by atoms with Gasteiger partial charge in [-0.25, -0.2) is 4.79 Å². The molecule has 0 aromatic heterocycles. The van der Waals surface area contributed by atoms with Crippen molar-refractivity contribution >= 4 is 11.7 Å². The minimum Gasteiger partial charge on any atom is -0.490 e. The van der Waals surface area contributed by atoms with Gasteiger partial charge >= 0.3 is 11.7 Å². The van der Waals surface area contributed by atoms with Crippen LogP contribution >= 0.6 is 0 Å². The Morgan fingerprint density at radius 3 is 2.43 bits per heavy atom. The van der Waals surface area contributed by atoms with Gasteiger partial charge in [0.15, 0.2) is 0 Å². The largest absolute Gasteiger partial charge is 0.490 e. The molecule has 6 nitrogen and oxygen atoms in total. The fourth-order valence-electron chi connectivity index (χ4n) is 2.19. The van der Waals surface area contributed by atoms with Crippen molar-refractivity contribution in [2.75, 3.05) is 13.7 Å². The molecule has 0 spiro atoms. The summed E-state index contributed by atoms with van der Waals surface area (Å²) >= 11 is 0. The van der Waals surface area contributed by atoms with Crippen molar-refractivity contribution in [2.24, 2.45) is 0 Å². The van der Waals surface area contributed by atoms with E-state index in [0.717, 1.165) is 5.56 Å². The molecule has 120 valence electrons. The molecule has 0 aliphatic carbocycles. The van der Waals surface area contributed by atoms with Gasteiger partial charge in [-0.3, -0.25) is 10.1 Å². The molecule has 6 heteroatoms. The van der Waals surface area contributed by atoms with Gasteiger partial charge in [-0.15, -0.1) is 0 Å². The maximum Gasteiger partial charge on any atom is 0.342 e. The van der Waals surface area contributed by atoms with Crippen molar-refractivity contribution in [1.29, 1.82) is 0 Å². The summed E-state index contributed by atoms with van der Waals surface area (Å²) < 4.78 is 10.2. The molecule has 0 aliphatic heterocycles. The van der Waals surface area contributed by atoms with Crippen LogP contribution in [-0.4, -0.2) is 24.6 Å². The summed E-state index contributed by atoms with van der Waals surface area (Å²) in [5.41, 5.74) is 1.11. The van der Waals surface area contributed by atoms with Crippen molar-refractivity contribution in [3.05, 3.63) is 58.1 Å². The zero-order valence-electron chi connectivity index (χ0n) is 12.9. The molecular formula is C17H17NO5. The number of rotatable bonds is 6. The third-order valence-corrected chi connectivity index (χ3v) is 3.23. The van der Waals surface area contributed by atoms with Crippen LogP contribution in [0.1, 0.15) is 23.7 Å². The minimum absolute atomic E-state index is 0.0500. The van der Waals surface area contributed by atoms with Crippen LogP contribution in [0.5, 0.6) is 5.75 Å². The molecule has 0 unspecified atom stereocenters. The van der Waals surface area contributed by atoms with Gasteiger partial charge in [-0.1, -0.05) is 37.3 Å². The zero-order chi connectivity index (χ0) is 16.8. The van der Waals surface area contributed by atoms with Crippen LogP contribution < -0.4 is 4.74 Å². The average molecular weight is 315 g/mol. The Bertz CT molecular complexity index is 712. The quantitative estimate of drug-likeness (QED) is 0.460. The number of carbonyl (C=O) groups is 1. The summed E-state index contributed by atoms with van der Waals surface area (Å²) in [4.78, 5) is 23.0. The van der Waals surface area contributed by atoms with Crippen molar-refractivity contribution in [2.45, 2.75) is 13.3 Å². The molecule has 0 atom stereocenters. The van der Waals surface area contributed by atoms with Gasteiger partial charge in [0, 0.05) is 6.07 Å². The molecule has 2 aromatic carbocycles. The van der Waals surface area contributed by atoms with Gasteiger partial charge in [0.1, 0.15) is 5.56 Å². The molecule has 0 amide bonds. The van der Waals surface area contributed by atoms with Crippen LogP contribution in [0.3, 0.4) is 0 Å². The number of esters is 1. The molecule has 0 saturated heterocycles.